The van der Waals surface area contributed by atoms with Gasteiger partial charge in [-0.2, -0.15) is 5.10 Å². The van der Waals surface area contributed by atoms with Crippen molar-refractivity contribution in [1.82, 2.24) is 15.4 Å². The zero-order chi connectivity index (χ0) is 21.6. The highest BCUT2D eigenvalue weighted by atomic mass is 35.5. The third-order valence-corrected chi connectivity index (χ3v) is 3.96. The molecule has 2 rings (SSSR count). The Hall–Kier alpha value is -3.07. The van der Waals surface area contributed by atoms with Crippen LogP contribution in [0, 0.1) is 6.92 Å². The monoisotopic (exact) mass is 422 g/mol. The zero-order valence-electron chi connectivity index (χ0n) is 16.6. The van der Waals surface area contributed by atoms with Gasteiger partial charge < -0.3 is 14.5 Å². The lowest BCUT2D eigenvalue weighted by Crippen LogP contribution is -2.30. The fourth-order valence-corrected chi connectivity index (χ4v) is 2.76. The molecule has 0 fully saturated rings. The van der Waals surface area contributed by atoms with Crippen molar-refractivity contribution in [3.8, 4) is 11.5 Å². The molecule has 0 aliphatic carbocycles. The van der Waals surface area contributed by atoms with Gasteiger partial charge in [-0.05, 0) is 45.4 Å². The maximum absolute atomic E-state index is 12.1. The van der Waals surface area contributed by atoms with Crippen LogP contribution < -0.4 is 26.1 Å². The first-order valence-corrected chi connectivity index (χ1v) is 9.36. The smallest absolute Gasteiger partial charge is 0.325 e. The molecule has 0 radical (unpaired) electrons. The van der Waals surface area contributed by atoms with Gasteiger partial charge in [0.1, 0.15) is 0 Å². The second kappa shape index (κ2) is 9.92. The highest BCUT2D eigenvalue weighted by molar-refractivity contribution is 6.32. The number of hydrogen-bond acceptors (Lipinski definition) is 6. The summed E-state index contributed by atoms with van der Waals surface area (Å²) in [5.74, 6) is 0.395. The summed E-state index contributed by atoms with van der Waals surface area (Å²) in [5, 5.41) is 4.24. The SMILES string of the molecule is CCOc1cc(/C=N\NC(=O)Cc2c(C)[nH]c(=O)[nH]c2=O)cc(Cl)c1OC(C)C. The number of aryl methyl sites for hydroxylation is 1. The minimum atomic E-state index is -0.624. The van der Waals surface area contributed by atoms with Gasteiger partial charge in [-0.15, -0.1) is 0 Å². The maximum atomic E-state index is 12.1. The fraction of sp³-hybridized carbons (Fsp3) is 0.368. The standard InChI is InChI=1S/C19H23ClN4O5/c1-5-28-15-7-12(6-14(20)17(15)29-10(2)3)9-21-24-16(25)8-13-11(4)22-19(27)23-18(13)26/h6-7,9-10H,5,8H2,1-4H3,(H,24,25)(H2,22,23,26,27)/b21-9-. The number of hydrazone groups is 1. The van der Waals surface area contributed by atoms with Crippen LogP contribution in [-0.2, 0) is 11.2 Å². The number of nitrogens with one attached hydrogen (secondary N) is 3. The molecule has 1 heterocycles. The van der Waals surface area contributed by atoms with Gasteiger partial charge in [-0.25, -0.2) is 10.2 Å². The zero-order valence-corrected chi connectivity index (χ0v) is 17.3. The van der Waals surface area contributed by atoms with Crippen LogP contribution in [0.2, 0.25) is 5.02 Å². The van der Waals surface area contributed by atoms with Crippen molar-refractivity contribution in [3.05, 3.63) is 54.8 Å². The van der Waals surface area contributed by atoms with E-state index in [0.29, 0.717) is 34.4 Å². The number of benzene rings is 1. The quantitative estimate of drug-likeness (QED) is 0.442. The predicted octanol–water partition coefficient (Wildman–Crippen LogP) is 1.90. The second-order valence-electron chi connectivity index (χ2n) is 6.41. The van der Waals surface area contributed by atoms with Gasteiger partial charge in [0.2, 0.25) is 5.91 Å². The Morgan fingerprint density at radius 3 is 2.66 bits per heavy atom. The van der Waals surface area contributed by atoms with E-state index in [-0.39, 0.29) is 18.1 Å². The van der Waals surface area contributed by atoms with Gasteiger partial charge in [0, 0.05) is 11.3 Å². The number of halogens is 1. The average Bonchev–Trinajstić information content (AvgIpc) is 2.61. The van der Waals surface area contributed by atoms with E-state index in [9.17, 15) is 14.4 Å². The molecule has 0 unspecified atom stereocenters. The Morgan fingerprint density at radius 2 is 2.03 bits per heavy atom. The summed E-state index contributed by atoms with van der Waals surface area (Å²) in [6.07, 6.45) is 1.08. The Balaban J connectivity index is 2.12. The number of carbonyl (C=O) groups is 1. The van der Waals surface area contributed by atoms with Gasteiger partial charge in [0.05, 0.1) is 30.4 Å². The van der Waals surface area contributed by atoms with Crippen molar-refractivity contribution in [3.63, 3.8) is 0 Å². The van der Waals surface area contributed by atoms with Crippen LogP contribution in [0.1, 0.15) is 37.6 Å². The van der Waals surface area contributed by atoms with Crippen LogP contribution >= 0.6 is 11.6 Å². The Morgan fingerprint density at radius 1 is 1.31 bits per heavy atom. The van der Waals surface area contributed by atoms with E-state index in [0.717, 1.165) is 0 Å². The maximum Gasteiger partial charge on any atom is 0.325 e. The molecule has 0 saturated carbocycles. The molecular formula is C19H23ClN4O5. The van der Waals surface area contributed by atoms with Gasteiger partial charge in [-0.1, -0.05) is 11.6 Å². The van der Waals surface area contributed by atoms with Crippen LogP contribution in [0.3, 0.4) is 0 Å². The van der Waals surface area contributed by atoms with Crippen molar-refractivity contribution in [1.29, 1.82) is 0 Å². The third-order valence-electron chi connectivity index (χ3n) is 3.68. The highest BCUT2D eigenvalue weighted by Crippen LogP contribution is 2.37. The lowest BCUT2D eigenvalue weighted by atomic mass is 10.1. The summed E-state index contributed by atoms with van der Waals surface area (Å²) in [6, 6.07) is 3.33. The van der Waals surface area contributed by atoms with E-state index >= 15 is 0 Å². The highest BCUT2D eigenvalue weighted by Gasteiger charge is 2.14. The van der Waals surface area contributed by atoms with Gasteiger partial charge in [0.25, 0.3) is 5.56 Å². The molecule has 10 heteroatoms. The Labute approximate surface area is 172 Å². The molecule has 0 spiro atoms. The van der Waals surface area contributed by atoms with Crippen molar-refractivity contribution < 1.29 is 14.3 Å². The molecule has 1 aromatic heterocycles. The molecule has 0 bridgehead atoms. The predicted molar refractivity (Wildman–Crippen MR) is 110 cm³/mol. The van der Waals surface area contributed by atoms with Crippen LogP contribution in [0.5, 0.6) is 11.5 Å². The number of amides is 1. The summed E-state index contributed by atoms with van der Waals surface area (Å²) in [4.78, 5) is 39.6. The normalized spacial score (nSPS) is 11.1. The first-order valence-electron chi connectivity index (χ1n) is 8.98. The average molecular weight is 423 g/mol. The van der Waals surface area contributed by atoms with E-state index in [1.165, 1.54) is 6.21 Å². The summed E-state index contributed by atoms with van der Waals surface area (Å²) in [6.45, 7) is 7.57. The fourth-order valence-electron chi connectivity index (χ4n) is 2.49. The number of hydrogen-bond donors (Lipinski definition) is 3. The molecule has 0 saturated heterocycles. The number of aromatic nitrogens is 2. The minimum absolute atomic E-state index is 0.0787. The molecule has 2 aromatic rings. The molecule has 29 heavy (non-hydrogen) atoms. The van der Waals surface area contributed by atoms with Gasteiger partial charge >= 0.3 is 5.69 Å². The molecule has 9 nitrogen and oxygen atoms in total. The molecule has 0 atom stereocenters. The van der Waals surface area contributed by atoms with Crippen molar-refractivity contribution >= 4 is 23.7 Å². The second-order valence-corrected chi connectivity index (χ2v) is 6.82. The van der Waals surface area contributed by atoms with Crippen molar-refractivity contribution in [2.45, 2.75) is 40.2 Å². The number of ether oxygens (including phenoxy) is 2. The van der Waals surface area contributed by atoms with Crippen LogP contribution in [0.15, 0.2) is 26.8 Å². The van der Waals surface area contributed by atoms with E-state index in [4.69, 9.17) is 21.1 Å². The molecule has 3 N–H and O–H groups in total. The number of aromatic amines is 2. The van der Waals surface area contributed by atoms with E-state index < -0.39 is 17.2 Å². The molecular weight excluding hydrogens is 400 g/mol. The Kier molecular flexibility index (Phi) is 7.60. The molecule has 0 aliphatic heterocycles. The number of carbonyl (C=O) groups excluding carboxylic acids is 1. The van der Waals surface area contributed by atoms with Crippen LogP contribution in [0.4, 0.5) is 0 Å². The largest absolute Gasteiger partial charge is 0.490 e. The number of H-pyrrole nitrogens is 2. The first-order chi connectivity index (χ1) is 13.7. The summed E-state index contributed by atoms with van der Waals surface area (Å²) >= 11 is 6.29. The van der Waals surface area contributed by atoms with Crippen LogP contribution in [-0.4, -0.2) is 34.8 Å². The minimum Gasteiger partial charge on any atom is -0.490 e. The van der Waals surface area contributed by atoms with Gasteiger partial charge in [-0.3, -0.25) is 14.6 Å². The molecule has 0 aliphatic rings. The van der Waals surface area contributed by atoms with E-state index in [1.54, 1.807) is 19.1 Å². The lowest BCUT2D eigenvalue weighted by molar-refractivity contribution is -0.120. The molecule has 1 aromatic carbocycles. The van der Waals surface area contributed by atoms with Crippen molar-refractivity contribution in [2.24, 2.45) is 5.10 Å². The van der Waals surface area contributed by atoms with E-state index in [2.05, 4.69) is 20.5 Å². The summed E-state index contributed by atoms with van der Waals surface area (Å²) in [5.41, 5.74) is 2.18. The summed E-state index contributed by atoms with van der Waals surface area (Å²) in [7, 11) is 0. The molecule has 1 amide bonds. The van der Waals surface area contributed by atoms with Crippen molar-refractivity contribution in [2.75, 3.05) is 6.61 Å². The number of nitrogens with zero attached hydrogens (tertiary/aromatic N) is 1. The van der Waals surface area contributed by atoms with Crippen LogP contribution in [0.25, 0.3) is 0 Å². The lowest BCUT2D eigenvalue weighted by Gasteiger charge is -2.16. The number of rotatable bonds is 8. The van der Waals surface area contributed by atoms with E-state index in [1.807, 2.05) is 20.8 Å². The topological polar surface area (TPSA) is 126 Å². The molecule has 156 valence electrons. The third kappa shape index (κ3) is 6.21. The Bertz CT molecular complexity index is 1030. The summed E-state index contributed by atoms with van der Waals surface area (Å²) < 4.78 is 11.3. The van der Waals surface area contributed by atoms with Gasteiger partial charge in [0.15, 0.2) is 11.5 Å². The first kappa shape index (κ1) is 22.2.